The van der Waals surface area contributed by atoms with Crippen molar-refractivity contribution in [3.05, 3.63) is 23.4 Å². The molecule has 2 N–H and O–H groups in total. The first kappa shape index (κ1) is 12.3. The Labute approximate surface area is 89.5 Å². The van der Waals surface area contributed by atoms with Gasteiger partial charge in [-0.3, -0.25) is 0 Å². The molecule has 0 bridgehead atoms. The van der Waals surface area contributed by atoms with E-state index < -0.39 is 26.1 Å². The fraction of sp³-hybridized carbons (Fsp3) is 0.286. The first-order valence-electron chi connectivity index (χ1n) is 3.78. The van der Waals surface area contributed by atoms with E-state index >= 15 is 0 Å². The lowest BCUT2D eigenvalue weighted by atomic mass is 10.1. The maximum atomic E-state index is 12.5. The molecule has 1 heterocycles. The van der Waals surface area contributed by atoms with Crippen molar-refractivity contribution in [2.75, 3.05) is 0 Å². The Morgan fingerprint density at radius 2 is 2.13 bits per heavy atom. The van der Waals surface area contributed by atoms with E-state index in [1.807, 2.05) is 0 Å². The first-order chi connectivity index (χ1) is 6.88. The molecule has 0 unspecified atom stereocenters. The van der Waals surface area contributed by atoms with E-state index in [1.54, 1.807) is 0 Å². The molecule has 0 amide bonds. The molecule has 0 fully saturated rings. The molecule has 0 aliphatic carbocycles. The number of nitrogens with two attached hydrogens (primary N) is 1. The van der Waals surface area contributed by atoms with Crippen molar-refractivity contribution in [3.63, 3.8) is 0 Å². The summed E-state index contributed by atoms with van der Waals surface area (Å²) in [5, 5.41) is -0.607. The Bertz CT molecular complexity index is 464. The molecular weight excluding hydrogens is 250 g/mol. The average Bonchev–Trinajstić information content (AvgIpc) is 2.15. The zero-order valence-electron chi connectivity index (χ0n) is 7.32. The zero-order valence-corrected chi connectivity index (χ0v) is 8.89. The minimum Gasteiger partial charge on any atom is -0.326 e. The molecule has 8 heteroatoms. The van der Waals surface area contributed by atoms with Gasteiger partial charge in [0.25, 0.3) is 15.5 Å². The molecule has 84 valence electrons. The molecule has 0 radical (unpaired) electrons. The van der Waals surface area contributed by atoms with E-state index in [4.69, 9.17) is 16.4 Å². The van der Waals surface area contributed by atoms with Crippen LogP contribution in [-0.4, -0.2) is 13.4 Å². The third-order valence-electron chi connectivity index (χ3n) is 1.72. The third kappa shape index (κ3) is 2.61. The van der Waals surface area contributed by atoms with Gasteiger partial charge in [0, 0.05) is 34.6 Å². The van der Waals surface area contributed by atoms with E-state index in [0.29, 0.717) is 0 Å². The molecule has 0 aliphatic rings. The van der Waals surface area contributed by atoms with Gasteiger partial charge >= 0.3 is 0 Å². The van der Waals surface area contributed by atoms with Gasteiger partial charge in [0.1, 0.15) is 0 Å². The molecule has 0 saturated carbocycles. The van der Waals surface area contributed by atoms with Gasteiger partial charge in [0.05, 0.1) is 0 Å². The van der Waals surface area contributed by atoms with Crippen LogP contribution in [0.3, 0.4) is 0 Å². The lowest BCUT2D eigenvalue weighted by Gasteiger charge is -2.09. The summed E-state index contributed by atoms with van der Waals surface area (Å²) in [6.07, 6.45) is -1.86. The quantitative estimate of drug-likeness (QED) is 0.830. The van der Waals surface area contributed by atoms with Crippen LogP contribution < -0.4 is 5.73 Å². The standard InChI is InChI=1S/C7H7ClF2N2O2S/c8-15(13,14)7-5(3-11)4(6(9)10)1-2-12-7/h1-2,6H,3,11H2. The molecule has 0 atom stereocenters. The second-order valence-electron chi connectivity index (χ2n) is 2.63. The molecule has 0 spiro atoms. The van der Waals surface area contributed by atoms with E-state index in [9.17, 15) is 17.2 Å². The number of aromatic nitrogens is 1. The molecular formula is C7H7ClF2N2O2S. The van der Waals surface area contributed by atoms with Gasteiger partial charge in [-0.2, -0.15) is 0 Å². The molecule has 0 aromatic carbocycles. The van der Waals surface area contributed by atoms with E-state index in [-0.39, 0.29) is 12.1 Å². The molecule has 0 aliphatic heterocycles. The van der Waals surface area contributed by atoms with Gasteiger partial charge in [-0.15, -0.1) is 0 Å². The maximum absolute atomic E-state index is 12.5. The van der Waals surface area contributed by atoms with Crippen molar-refractivity contribution in [3.8, 4) is 0 Å². The molecule has 1 rings (SSSR count). The maximum Gasteiger partial charge on any atom is 0.278 e. The Morgan fingerprint density at radius 3 is 2.53 bits per heavy atom. The van der Waals surface area contributed by atoms with Crippen molar-refractivity contribution < 1.29 is 17.2 Å². The monoisotopic (exact) mass is 256 g/mol. The highest BCUT2D eigenvalue weighted by atomic mass is 35.7. The van der Waals surface area contributed by atoms with Gasteiger partial charge in [-0.05, 0) is 6.07 Å². The molecule has 1 aromatic rings. The van der Waals surface area contributed by atoms with E-state index in [1.165, 1.54) is 0 Å². The Kier molecular flexibility index (Phi) is 3.58. The Hall–Kier alpha value is -0.790. The lowest BCUT2D eigenvalue weighted by Crippen LogP contribution is -2.10. The van der Waals surface area contributed by atoms with Gasteiger partial charge < -0.3 is 5.73 Å². The predicted molar refractivity (Wildman–Crippen MR) is 50.1 cm³/mol. The van der Waals surface area contributed by atoms with Crippen LogP contribution >= 0.6 is 10.7 Å². The first-order valence-corrected chi connectivity index (χ1v) is 6.09. The highest BCUT2D eigenvalue weighted by Gasteiger charge is 2.22. The van der Waals surface area contributed by atoms with Gasteiger partial charge in [0.2, 0.25) is 0 Å². The van der Waals surface area contributed by atoms with Crippen molar-refractivity contribution in [2.45, 2.75) is 18.0 Å². The highest BCUT2D eigenvalue weighted by molar-refractivity contribution is 8.13. The van der Waals surface area contributed by atoms with Gasteiger partial charge in [-0.25, -0.2) is 22.2 Å². The summed E-state index contributed by atoms with van der Waals surface area (Å²) in [7, 11) is 0.875. The summed E-state index contributed by atoms with van der Waals surface area (Å²) in [5.41, 5.74) is 4.48. The van der Waals surface area contributed by atoms with E-state index in [2.05, 4.69) is 4.98 Å². The summed E-state index contributed by atoms with van der Waals surface area (Å²) in [4.78, 5) is 3.43. The van der Waals surface area contributed by atoms with Crippen molar-refractivity contribution in [1.82, 2.24) is 4.98 Å². The molecule has 0 saturated heterocycles. The van der Waals surface area contributed by atoms with Crippen LogP contribution in [0.5, 0.6) is 0 Å². The molecule has 1 aromatic heterocycles. The summed E-state index contributed by atoms with van der Waals surface area (Å²) in [6, 6.07) is 1.01. The minimum absolute atomic E-state index is 0.248. The smallest absolute Gasteiger partial charge is 0.278 e. The summed E-state index contributed by atoms with van der Waals surface area (Å²) in [5.74, 6) is 0. The number of pyridine rings is 1. The second-order valence-corrected chi connectivity index (χ2v) is 5.11. The molecule has 4 nitrogen and oxygen atoms in total. The topological polar surface area (TPSA) is 73.0 Å². The second kappa shape index (κ2) is 4.38. The summed E-state index contributed by atoms with van der Waals surface area (Å²) >= 11 is 0. The Morgan fingerprint density at radius 1 is 1.53 bits per heavy atom. The van der Waals surface area contributed by atoms with Crippen LogP contribution in [0.25, 0.3) is 0 Å². The normalized spacial score (nSPS) is 12.1. The van der Waals surface area contributed by atoms with Crippen LogP contribution in [-0.2, 0) is 15.6 Å². The van der Waals surface area contributed by atoms with Gasteiger partial charge in [0.15, 0.2) is 5.03 Å². The van der Waals surface area contributed by atoms with Crippen molar-refractivity contribution in [1.29, 1.82) is 0 Å². The predicted octanol–water partition coefficient (Wildman–Crippen LogP) is 1.41. The fourth-order valence-corrected chi connectivity index (χ4v) is 2.19. The summed E-state index contributed by atoms with van der Waals surface area (Å²) in [6.45, 7) is -0.366. The van der Waals surface area contributed by atoms with Crippen LogP contribution in [0.2, 0.25) is 0 Å². The number of rotatable bonds is 3. The van der Waals surface area contributed by atoms with Gasteiger partial charge in [-0.1, -0.05) is 0 Å². The lowest BCUT2D eigenvalue weighted by molar-refractivity contribution is 0.149. The summed E-state index contributed by atoms with van der Waals surface area (Å²) < 4.78 is 46.9. The number of alkyl halides is 2. The minimum atomic E-state index is -4.15. The number of halogens is 3. The zero-order chi connectivity index (χ0) is 11.6. The van der Waals surface area contributed by atoms with Crippen molar-refractivity contribution >= 4 is 19.7 Å². The van der Waals surface area contributed by atoms with Crippen LogP contribution in [0.4, 0.5) is 8.78 Å². The number of hydrogen-bond acceptors (Lipinski definition) is 4. The fourth-order valence-electron chi connectivity index (χ4n) is 1.11. The SMILES string of the molecule is NCc1c(C(F)F)ccnc1S(=O)(=O)Cl. The Balaban J connectivity index is 3.49. The van der Waals surface area contributed by atoms with Crippen LogP contribution in [0.15, 0.2) is 17.3 Å². The largest absolute Gasteiger partial charge is 0.326 e. The average molecular weight is 257 g/mol. The molecule has 15 heavy (non-hydrogen) atoms. The number of nitrogens with zero attached hydrogens (tertiary/aromatic N) is 1. The van der Waals surface area contributed by atoms with Crippen LogP contribution in [0, 0.1) is 0 Å². The van der Waals surface area contributed by atoms with E-state index in [0.717, 1.165) is 12.3 Å². The van der Waals surface area contributed by atoms with Crippen molar-refractivity contribution in [2.24, 2.45) is 5.73 Å². The van der Waals surface area contributed by atoms with Crippen LogP contribution in [0.1, 0.15) is 17.6 Å². The number of hydrogen-bond donors (Lipinski definition) is 1. The highest BCUT2D eigenvalue weighted by Crippen LogP contribution is 2.27. The third-order valence-corrected chi connectivity index (χ3v) is 2.97.